The van der Waals surface area contributed by atoms with Crippen molar-refractivity contribution >= 4 is 17.8 Å². The molecule has 1 saturated heterocycles. The van der Waals surface area contributed by atoms with Crippen molar-refractivity contribution in [3.63, 3.8) is 0 Å². The van der Waals surface area contributed by atoms with E-state index < -0.39 is 35.1 Å². The molecule has 2 aromatic carbocycles. The van der Waals surface area contributed by atoms with Gasteiger partial charge in [0.1, 0.15) is 5.54 Å². The van der Waals surface area contributed by atoms with Gasteiger partial charge in [-0.15, -0.1) is 0 Å². The van der Waals surface area contributed by atoms with Crippen LogP contribution in [0.25, 0.3) is 11.1 Å². The Morgan fingerprint density at radius 3 is 2.30 bits per heavy atom. The highest BCUT2D eigenvalue weighted by molar-refractivity contribution is 6.08. The number of hydrogen-bond donors (Lipinski definition) is 3. The van der Waals surface area contributed by atoms with Crippen LogP contribution < -0.4 is 16.0 Å². The van der Waals surface area contributed by atoms with E-state index in [2.05, 4.69) is 16.0 Å². The lowest BCUT2D eigenvalue weighted by molar-refractivity contribution is -0.137. The molecule has 1 aliphatic rings. The number of hydrogen-bond acceptors (Lipinski definition) is 3. The first-order valence-electron chi connectivity index (χ1n) is 9.35. The average Bonchev–Trinajstić information content (AvgIpc) is 2.99. The van der Waals surface area contributed by atoms with Crippen molar-refractivity contribution in [2.24, 2.45) is 0 Å². The summed E-state index contributed by atoms with van der Waals surface area (Å²) in [5.74, 6) is -1.01. The number of carbonyl (C=O) groups excluding carboxylic acids is 3. The quantitative estimate of drug-likeness (QED) is 0.627. The maximum atomic E-state index is 12.8. The number of amides is 4. The van der Waals surface area contributed by atoms with E-state index in [0.29, 0.717) is 24.0 Å². The van der Waals surface area contributed by atoms with Gasteiger partial charge in [-0.3, -0.25) is 14.9 Å². The van der Waals surface area contributed by atoms with Crippen molar-refractivity contribution in [1.82, 2.24) is 16.0 Å². The Bertz CT molecular complexity index is 973. The molecule has 158 valence electrons. The SMILES string of the molecule is CCCC1(CNC(=O)c2ccccc2-c2ccc(C(F)(F)F)cc2)NC(=O)NC1=O. The standard InChI is InChI=1S/C21H20F3N3O3/c1-2-11-20(18(29)26-19(30)27-20)12-25-17(28)16-6-4-3-5-15(16)13-7-9-14(10-8-13)21(22,23)24/h3-10H,2,11-12H2,1H3,(H,25,28)(H2,26,27,29,30). The molecular formula is C21H20F3N3O3. The van der Waals surface area contributed by atoms with E-state index in [1.54, 1.807) is 24.3 Å². The summed E-state index contributed by atoms with van der Waals surface area (Å²) in [6.07, 6.45) is -3.51. The molecule has 0 bridgehead atoms. The molecule has 30 heavy (non-hydrogen) atoms. The molecule has 3 rings (SSSR count). The summed E-state index contributed by atoms with van der Waals surface area (Å²) in [6, 6.07) is 10.4. The zero-order chi connectivity index (χ0) is 21.9. The third kappa shape index (κ3) is 4.29. The zero-order valence-electron chi connectivity index (χ0n) is 16.1. The lowest BCUT2D eigenvalue weighted by Gasteiger charge is -2.26. The average molecular weight is 419 g/mol. The summed E-state index contributed by atoms with van der Waals surface area (Å²) in [6.45, 7) is 1.74. The first-order valence-corrected chi connectivity index (χ1v) is 9.35. The van der Waals surface area contributed by atoms with E-state index in [1.807, 2.05) is 6.92 Å². The second-order valence-corrected chi connectivity index (χ2v) is 7.04. The molecule has 1 heterocycles. The van der Waals surface area contributed by atoms with Crippen molar-refractivity contribution in [3.05, 3.63) is 59.7 Å². The minimum atomic E-state index is -4.45. The first kappa shape index (κ1) is 21.4. The van der Waals surface area contributed by atoms with Gasteiger partial charge in [-0.1, -0.05) is 43.7 Å². The van der Waals surface area contributed by atoms with Gasteiger partial charge in [0, 0.05) is 5.56 Å². The van der Waals surface area contributed by atoms with E-state index in [4.69, 9.17) is 0 Å². The number of alkyl halides is 3. The van der Waals surface area contributed by atoms with Gasteiger partial charge >= 0.3 is 12.2 Å². The third-order valence-corrected chi connectivity index (χ3v) is 4.94. The van der Waals surface area contributed by atoms with Crippen LogP contribution in [0.5, 0.6) is 0 Å². The number of rotatable bonds is 6. The predicted octanol–water partition coefficient (Wildman–Crippen LogP) is 3.48. The van der Waals surface area contributed by atoms with Crippen LogP contribution in [0.15, 0.2) is 48.5 Å². The largest absolute Gasteiger partial charge is 0.416 e. The second-order valence-electron chi connectivity index (χ2n) is 7.04. The summed E-state index contributed by atoms with van der Waals surface area (Å²) in [5.41, 5.74) is -0.867. The van der Waals surface area contributed by atoms with Crippen molar-refractivity contribution in [1.29, 1.82) is 0 Å². The van der Waals surface area contributed by atoms with E-state index >= 15 is 0 Å². The molecule has 0 aromatic heterocycles. The number of benzene rings is 2. The first-order chi connectivity index (χ1) is 14.2. The van der Waals surface area contributed by atoms with Crippen LogP contribution >= 0.6 is 0 Å². The fourth-order valence-corrected chi connectivity index (χ4v) is 3.44. The molecule has 3 N–H and O–H groups in total. The fourth-order valence-electron chi connectivity index (χ4n) is 3.44. The summed E-state index contributed by atoms with van der Waals surface area (Å²) in [4.78, 5) is 36.6. The summed E-state index contributed by atoms with van der Waals surface area (Å²) in [7, 11) is 0. The molecule has 9 heteroatoms. The molecule has 1 unspecified atom stereocenters. The van der Waals surface area contributed by atoms with E-state index in [1.165, 1.54) is 12.1 Å². The molecule has 4 amide bonds. The topological polar surface area (TPSA) is 87.3 Å². The van der Waals surface area contributed by atoms with Crippen LogP contribution in [0, 0.1) is 0 Å². The van der Waals surface area contributed by atoms with Gasteiger partial charge in [0.05, 0.1) is 12.1 Å². The van der Waals surface area contributed by atoms with Gasteiger partial charge in [-0.05, 0) is 35.7 Å². The Labute approximate surface area is 170 Å². The summed E-state index contributed by atoms with van der Waals surface area (Å²) >= 11 is 0. The Balaban J connectivity index is 1.82. The molecule has 1 aliphatic heterocycles. The van der Waals surface area contributed by atoms with Crippen molar-refractivity contribution in [2.75, 3.05) is 6.54 Å². The molecular weight excluding hydrogens is 399 g/mol. The number of halogens is 3. The van der Waals surface area contributed by atoms with Gasteiger partial charge in [0.15, 0.2) is 0 Å². The van der Waals surface area contributed by atoms with Gasteiger partial charge in [0.25, 0.3) is 11.8 Å². The number of nitrogens with one attached hydrogen (secondary N) is 3. The predicted molar refractivity (Wildman–Crippen MR) is 104 cm³/mol. The smallest absolute Gasteiger partial charge is 0.349 e. The van der Waals surface area contributed by atoms with Crippen LogP contribution in [0.2, 0.25) is 0 Å². The number of carbonyl (C=O) groups is 3. The minimum Gasteiger partial charge on any atom is -0.349 e. The van der Waals surface area contributed by atoms with Crippen LogP contribution in [0.3, 0.4) is 0 Å². The molecule has 0 aliphatic carbocycles. The minimum absolute atomic E-state index is 0.113. The number of imide groups is 1. The lowest BCUT2D eigenvalue weighted by atomic mass is 9.93. The Morgan fingerprint density at radius 2 is 1.73 bits per heavy atom. The van der Waals surface area contributed by atoms with Crippen LogP contribution in [-0.2, 0) is 11.0 Å². The molecule has 2 aromatic rings. The van der Waals surface area contributed by atoms with Crippen LogP contribution in [0.1, 0.15) is 35.7 Å². The highest BCUT2D eigenvalue weighted by Crippen LogP contribution is 2.32. The lowest BCUT2D eigenvalue weighted by Crippen LogP contribution is -2.55. The molecule has 1 atom stereocenters. The van der Waals surface area contributed by atoms with Gasteiger partial charge in [0.2, 0.25) is 0 Å². The van der Waals surface area contributed by atoms with Gasteiger partial charge in [-0.25, -0.2) is 4.79 Å². The highest BCUT2D eigenvalue weighted by Gasteiger charge is 2.45. The molecule has 1 fully saturated rings. The molecule has 0 spiro atoms. The van der Waals surface area contributed by atoms with Crippen molar-refractivity contribution in [2.45, 2.75) is 31.5 Å². The Morgan fingerprint density at radius 1 is 1.07 bits per heavy atom. The van der Waals surface area contributed by atoms with E-state index in [0.717, 1.165) is 12.1 Å². The number of urea groups is 1. The maximum absolute atomic E-state index is 12.8. The van der Waals surface area contributed by atoms with Gasteiger partial charge in [-0.2, -0.15) is 13.2 Å². The third-order valence-electron chi connectivity index (χ3n) is 4.94. The van der Waals surface area contributed by atoms with Crippen LogP contribution in [0.4, 0.5) is 18.0 Å². The van der Waals surface area contributed by atoms with Crippen molar-refractivity contribution < 1.29 is 27.6 Å². The zero-order valence-corrected chi connectivity index (χ0v) is 16.1. The van der Waals surface area contributed by atoms with E-state index in [9.17, 15) is 27.6 Å². The molecule has 0 radical (unpaired) electrons. The summed E-state index contributed by atoms with van der Waals surface area (Å²) < 4.78 is 38.4. The van der Waals surface area contributed by atoms with Crippen LogP contribution in [-0.4, -0.2) is 29.9 Å². The van der Waals surface area contributed by atoms with Crippen molar-refractivity contribution in [3.8, 4) is 11.1 Å². The summed E-state index contributed by atoms with van der Waals surface area (Å²) in [5, 5.41) is 7.42. The Kier molecular flexibility index (Phi) is 5.82. The second kappa shape index (κ2) is 8.17. The molecule has 6 nitrogen and oxygen atoms in total. The monoisotopic (exact) mass is 419 g/mol. The molecule has 0 saturated carbocycles. The van der Waals surface area contributed by atoms with Gasteiger partial charge < -0.3 is 10.6 Å². The maximum Gasteiger partial charge on any atom is 0.416 e. The normalized spacial score (nSPS) is 18.7. The Hall–Kier alpha value is -3.36. The highest BCUT2D eigenvalue weighted by atomic mass is 19.4. The fraction of sp³-hybridized carbons (Fsp3) is 0.286. The van der Waals surface area contributed by atoms with E-state index in [-0.39, 0.29) is 12.1 Å².